The van der Waals surface area contributed by atoms with E-state index in [4.69, 9.17) is 10.2 Å². The third-order valence-corrected chi connectivity index (χ3v) is 3.79. The summed E-state index contributed by atoms with van der Waals surface area (Å²) in [6.45, 7) is 0.669. The van der Waals surface area contributed by atoms with Crippen LogP contribution in [-0.2, 0) is 6.42 Å². The van der Waals surface area contributed by atoms with E-state index in [1.54, 1.807) is 18.5 Å². The molecule has 0 spiro atoms. The van der Waals surface area contributed by atoms with Crippen molar-refractivity contribution in [2.75, 3.05) is 6.54 Å². The van der Waals surface area contributed by atoms with Crippen LogP contribution in [0.3, 0.4) is 0 Å². The Morgan fingerprint density at radius 3 is 2.82 bits per heavy atom. The monoisotopic (exact) mass is 313 g/mol. The maximum atomic E-state index is 5.70. The van der Waals surface area contributed by atoms with Crippen molar-refractivity contribution in [3.63, 3.8) is 0 Å². The van der Waals surface area contributed by atoms with E-state index in [0.29, 0.717) is 11.7 Å². The van der Waals surface area contributed by atoms with Crippen molar-refractivity contribution < 1.29 is 4.42 Å². The highest BCUT2D eigenvalue weighted by Gasteiger charge is 2.11. The van der Waals surface area contributed by atoms with Crippen molar-refractivity contribution in [1.82, 2.24) is 9.97 Å². The number of furan rings is 1. The molecular formula is C11H12BrN3OS. The van der Waals surface area contributed by atoms with E-state index in [9.17, 15) is 0 Å². The lowest BCUT2D eigenvalue weighted by Crippen LogP contribution is -1.99. The first-order valence-electron chi connectivity index (χ1n) is 5.22. The van der Waals surface area contributed by atoms with Crippen LogP contribution in [0.2, 0.25) is 0 Å². The van der Waals surface area contributed by atoms with Crippen LogP contribution in [0.25, 0.3) is 0 Å². The molecule has 2 heterocycles. The smallest absolute Gasteiger partial charge is 0.195 e. The normalized spacial score (nSPS) is 10.7. The molecule has 6 heteroatoms. The first-order valence-corrected chi connectivity index (χ1v) is 6.83. The Bertz CT molecular complexity index is 475. The maximum Gasteiger partial charge on any atom is 0.195 e. The topological polar surface area (TPSA) is 64.9 Å². The van der Waals surface area contributed by atoms with Crippen molar-refractivity contribution >= 4 is 27.7 Å². The first-order chi connectivity index (χ1) is 8.29. The van der Waals surface area contributed by atoms with Gasteiger partial charge in [0, 0.05) is 18.8 Å². The minimum atomic E-state index is 0.669. The minimum Gasteiger partial charge on any atom is -0.453 e. The third-order valence-electron chi connectivity index (χ3n) is 2.06. The summed E-state index contributed by atoms with van der Waals surface area (Å²) in [5, 5.41) is 1.45. The summed E-state index contributed by atoms with van der Waals surface area (Å²) in [6.07, 6.45) is 5.19. The summed E-state index contributed by atoms with van der Waals surface area (Å²) < 4.78 is 6.63. The standard InChI is InChI=1S/C11H12BrN3OS/c12-9-7-8(3-1-4-13)16-10(9)17-11-14-5-2-6-15-11/h2,5-7H,1,3-4,13H2. The van der Waals surface area contributed by atoms with Gasteiger partial charge in [-0.2, -0.15) is 0 Å². The predicted molar refractivity (Wildman–Crippen MR) is 69.9 cm³/mol. The molecule has 0 saturated carbocycles. The Balaban J connectivity index is 2.08. The van der Waals surface area contributed by atoms with Crippen LogP contribution < -0.4 is 5.73 Å². The second-order valence-corrected chi connectivity index (χ2v) is 5.17. The average molecular weight is 314 g/mol. The van der Waals surface area contributed by atoms with E-state index in [0.717, 1.165) is 28.2 Å². The summed E-state index contributed by atoms with van der Waals surface area (Å²) >= 11 is 4.87. The second kappa shape index (κ2) is 6.18. The molecule has 4 nitrogen and oxygen atoms in total. The van der Waals surface area contributed by atoms with Crippen molar-refractivity contribution in [2.45, 2.75) is 23.1 Å². The van der Waals surface area contributed by atoms with Crippen molar-refractivity contribution in [1.29, 1.82) is 0 Å². The molecule has 0 aliphatic carbocycles. The SMILES string of the molecule is NCCCc1cc(Br)c(Sc2ncccn2)o1. The molecule has 0 aromatic carbocycles. The van der Waals surface area contributed by atoms with Gasteiger partial charge in [-0.25, -0.2) is 9.97 Å². The number of hydrogen-bond acceptors (Lipinski definition) is 5. The Morgan fingerprint density at radius 2 is 2.12 bits per heavy atom. The molecule has 0 saturated heterocycles. The van der Waals surface area contributed by atoms with Crippen molar-refractivity contribution in [2.24, 2.45) is 5.73 Å². The molecule has 2 aromatic rings. The maximum absolute atomic E-state index is 5.70. The lowest BCUT2D eigenvalue weighted by molar-refractivity contribution is 0.425. The van der Waals surface area contributed by atoms with Gasteiger partial charge in [0.15, 0.2) is 10.2 Å². The molecule has 0 amide bonds. The van der Waals surface area contributed by atoms with Gasteiger partial charge in [-0.1, -0.05) is 0 Å². The molecular weight excluding hydrogens is 302 g/mol. The molecule has 0 radical (unpaired) electrons. The number of aryl methyl sites for hydroxylation is 1. The van der Waals surface area contributed by atoms with Crippen molar-refractivity contribution in [3.05, 3.63) is 34.8 Å². The lowest BCUT2D eigenvalue weighted by Gasteiger charge is -1.96. The Kier molecular flexibility index (Phi) is 4.58. The third kappa shape index (κ3) is 3.55. The molecule has 90 valence electrons. The van der Waals surface area contributed by atoms with Gasteiger partial charge in [0.05, 0.1) is 4.47 Å². The second-order valence-electron chi connectivity index (χ2n) is 3.37. The number of rotatable bonds is 5. The van der Waals surface area contributed by atoms with Gasteiger partial charge in [0.2, 0.25) is 0 Å². The summed E-state index contributed by atoms with van der Waals surface area (Å²) in [4.78, 5) is 8.28. The Labute approximate surface area is 112 Å². The van der Waals surface area contributed by atoms with E-state index in [-0.39, 0.29) is 0 Å². The fourth-order valence-electron chi connectivity index (χ4n) is 1.29. The summed E-state index contributed by atoms with van der Waals surface area (Å²) in [5.41, 5.74) is 5.47. The highest BCUT2D eigenvalue weighted by Crippen LogP contribution is 2.34. The number of hydrogen-bond donors (Lipinski definition) is 1. The van der Waals surface area contributed by atoms with E-state index in [1.165, 1.54) is 11.8 Å². The zero-order valence-electron chi connectivity index (χ0n) is 9.10. The van der Waals surface area contributed by atoms with Crippen LogP contribution in [-0.4, -0.2) is 16.5 Å². The molecule has 2 rings (SSSR count). The largest absolute Gasteiger partial charge is 0.453 e. The number of halogens is 1. The van der Waals surface area contributed by atoms with Crippen LogP contribution in [0.4, 0.5) is 0 Å². The quantitative estimate of drug-likeness (QED) is 0.860. The van der Waals surface area contributed by atoms with Crippen LogP contribution in [0.15, 0.2) is 43.7 Å². The van der Waals surface area contributed by atoms with Gasteiger partial charge >= 0.3 is 0 Å². The molecule has 0 bridgehead atoms. The number of aromatic nitrogens is 2. The Hall–Kier alpha value is -0.850. The molecule has 2 N–H and O–H groups in total. The van der Waals surface area contributed by atoms with Gasteiger partial charge < -0.3 is 10.2 Å². The summed E-state index contributed by atoms with van der Waals surface area (Å²) in [6, 6.07) is 3.76. The van der Waals surface area contributed by atoms with E-state index in [1.807, 2.05) is 6.07 Å². The zero-order chi connectivity index (χ0) is 12.1. The molecule has 0 fully saturated rings. The fourth-order valence-corrected chi connectivity index (χ4v) is 2.56. The minimum absolute atomic E-state index is 0.669. The molecule has 0 unspecified atom stereocenters. The highest BCUT2D eigenvalue weighted by molar-refractivity contribution is 9.10. The lowest BCUT2D eigenvalue weighted by atomic mass is 10.2. The zero-order valence-corrected chi connectivity index (χ0v) is 11.5. The van der Waals surface area contributed by atoms with Crippen molar-refractivity contribution in [3.8, 4) is 0 Å². The van der Waals surface area contributed by atoms with E-state index in [2.05, 4.69) is 25.9 Å². The van der Waals surface area contributed by atoms with Crippen LogP contribution >= 0.6 is 27.7 Å². The average Bonchev–Trinajstić information content (AvgIpc) is 2.69. The van der Waals surface area contributed by atoms with Gasteiger partial charge in [0.25, 0.3) is 0 Å². The predicted octanol–water partition coefficient (Wildman–Crippen LogP) is 2.87. The number of nitrogens with two attached hydrogens (primary N) is 1. The number of nitrogens with zero attached hydrogens (tertiary/aromatic N) is 2. The first kappa shape index (κ1) is 12.6. The van der Waals surface area contributed by atoms with E-state index < -0.39 is 0 Å². The molecule has 17 heavy (non-hydrogen) atoms. The van der Waals surface area contributed by atoms with Crippen LogP contribution in [0.1, 0.15) is 12.2 Å². The summed E-state index contributed by atoms with van der Waals surface area (Å²) in [5.74, 6) is 0.931. The molecule has 0 aliphatic heterocycles. The van der Waals surface area contributed by atoms with Gasteiger partial charge in [-0.05, 0) is 52.8 Å². The molecule has 2 aromatic heterocycles. The van der Waals surface area contributed by atoms with Gasteiger partial charge in [-0.15, -0.1) is 0 Å². The van der Waals surface area contributed by atoms with E-state index >= 15 is 0 Å². The molecule has 0 aliphatic rings. The van der Waals surface area contributed by atoms with Gasteiger partial charge in [0.1, 0.15) is 5.76 Å². The highest BCUT2D eigenvalue weighted by atomic mass is 79.9. The van der Waals surface area contributed by atoms with Crippen LogP contribution in [0, 0.1) is 0 Å². The summed E-state index contributed by atoms with van der Waals surface area (Å²) in [7, 11) is 0. The Morgan fingerprint density at radius 1 is 1.35 bits per heavy atom. The molecule has 0 atom stereocenters. The fraction of sp³-hybridized carbons (Fsp3) is 0.273. The van der Waals surface area contributed by atoms with Gasteiger partial charge in [-0.3, -0.25) is 0 Å². The van der Waals surface area contributed by atoms with Crippen LogP contribution in [0.5, 0.6) is 0 Å².